The molecule has 3 N–H and O–H groups in total. The molecular formula is C8H19NO2. The Kier molecular flexibility index (Phi) is 7.89. The van der Waals surface area contributed by atoms with Crippen LogP contribution in [-0.2, 0) is 4.74 Å². The van der Waals surface area contributed by atoms with Crippen LogP contribution in [0.15, 0.2) is 0 Å². The average Bonchev–Trinajstić information content (AvgIpc) is 2.04. The molecule has 0 saturated carbocycles. The van der Waals surface area contributed by atoms with E-state index in [4.69, 9.17) is 15.6 Å². The summed E-state index contributed by atoms with van der Waals surface area (Å²) < 4.78 is 5.26. The molecule has 0 heterocycles. The van der Waals surface area contributed by atoms with Gasteiger partial charge in [0.25, 0.3) is 0 Å². The van der Waals surface area contributed by atoms with Gasteiger partial charge < -0.3 is 15.6 Å². The van der Waals surface area contributed by atoms with Crippen LogP contribution in [0.2, 0.25) is 0 Å². The van der Waals surface area contributed by atoms with Crippen molar-refractivity contribution < 1.29 is 9.84 Å². The number of hydrogen-bond acceptors (Lipinski definition) is 3. The van der Waals surface area contributed by atoms with E-state index in [-0.39, 0.29) is 12.6 Å². The summed E-state index contributed by atoms with van der Waals surface area (Å²) in [7, 11) is 0. The van der Waals surface area contributed by atoms with Gasteiger partial charge in [-0.15, -0.1) is 0 Å². The van der Waals surface area contributed by atoms with Crippen LogP contribution < -0.4 is 5.73 Å². The number of hydrogen-bond donors (Lipinski definition) is 2. The molecule has 0 rings (SSSR count). The van der Waals surface area contributed by atoms with Crippen molar-refractivity contribution in [3.63, 3.8) is 0 Å². The van der Waals surface area contributed by atoms with E-state index >= 15 is 0 Å². The van der Waals surface area contributed by atoms with E-state index in [2.05, 4.69) is 6.92 Å². The van der Waals surface area contributed by atoms with E-state index < -0.39 is 0 Å². The zero-order chi connectivity index (χ0) is 8.53. The first kappa shape index (κ1) is 10.9. The van der Waals surface area contributed by atoms with Crippen molar-refractivity contribution >= 4 is 0 Å². The van der Waals surface area contributed by atoms with Crippen molar-refractivity contribution in [3.05, 3.63) is 0 Å². The molecule has 1 atom stereocenters. The highest BCUT2D eigenvalue weighted by atomic mass is 16.5. The summed E-state index contributed by atoms with van der Waals surface area (Å²) in [5.41, 5.74) is 5.46. The van der Waals surface area contributed by atoms with Gasteiger partial charge in [0.05, 0.1) is 6.61 Å². The van der Waals surface area contributed by atoms with Crippen LogP contribution in [-0.4, -0.2) is 31.0 Å². The van der Waals surface area contributed by atoms with Gasteiger partial charge >= 0.3 is 0 Å². The van der Waals surface area contributed by atoms with Crippen molar-refractivity contribution in [1.29, 1.82) is 0 Å². The molecule has 0 aromatic carbocycles. The monoisotopic (exact) mass is 161 g/mol. The SMILES string of the molecule is CCCCOCCC(N)CO. The Morgan fingerprint density at radius 1 is 1.45 bits per heavy atom. The zero-order valence-corrected chi connectivity index (χ0v) is 7.25. The van der Waals surface area contributed by atoms with Crippen molar-refractivity contribution in [1.82, 2.24) is 0 Å². The van der Waals surface area contributed by atoms with Crippen molar-refractivity contribution in [2.75, 3.05) is 19.8 Å². The summed E-state index contributed by atoms with van der Waals surface area (Å²) in [6, 6.07) is -0.114. The third-order valence-corrected chi connectivity index (χ3v) is 1.51. The molecular weight excluding hydrogens is 142 g/mol. The maximum atomic E-state index is 8.56. The summed E-state index contributed by atoms with van der Waals surface area (Å²) in [5.74, 6) is 0. The van der Waals surface area contributed by atoms with Crippen LogP contribution in [0.5, 0.6) is 0 Å². The highest BCUT2D eigenvalue weighted by molar-refractivity contribution is 4.56. The molecule has 0 radical (unpaired) electrons. The average molecular weight is 161 g/mol. The van der Waals surface area contributed by atoms with Gasteiger partial charge in [-0.1, -0.05) is 13.3 Å². The molecule has 0 aliphatic carbocycles. The minimum Gasteiger partial charge on any atom is -0.395 e. The first-order valence-corrected chi connectivity index (χ1v) is 4.25. The Balaban J connectivity index is 2.89. The molecule has 0 fully saturated rings. The van der Waals surface area contributed by atoms with E-state index in [1.54, 1.807) is 0 Å². The van der Waals surface area contributed by atoms with Crippen molar-refractivity contribution in [2.45, 2.75) is 32.2 Å². The lowest BCUT2D eigenvalue weighted by molar-refractivity contribution is 0.117. The second-order valence-electron chi connectivity index (χ2n) is 2.70. The van der Waals surface area contributed by atoms with Crippen LogP contribution in [0.4, 0.5) is 0 Å². The Morgan fingerprint density at radius 3 is 2.73 bits per heavy atom. The van der Waals surface area contributed by atoms with Gasteiger partial charge in [0.2, 0.25) is 0 Å². The molecule has 0 aromatic rings. The Hall–Kier alpha value is -0.120. The van der Waals surface area contributed by atoms with Crippen LogP contribution >= 0.6 is 0 Å². The summed E-state index contributed by atoms with van der Waals surface area (Å²) in [6.45, 7) is 3.66. The molecule has 0 saturated heterocycles. The zero-order valence-electron chi connectivity index (χ0n) is 7.25. The van der Waals surface area contributed by atoms with Gasteiger partial charge in [-0.25, -0.2) is 0 Å². The highest BCUT2D eigenvalue weighted by Gasteiger charge is 1.98. The number of aliphatic hydroxyl groups excluding tert-OH is 1. The summed E-state index contributed by atoms with van der Waals surface area (Å²) in [5, 5.41) is 8.56. The smallest absolute Gasteiger partial charge is 0.0583 e. The molecule has 3 nitrogen and oxygen atoms in total. The maximum Gasteiger partial charge on any atom is 0.0583 e. The van der Waals surface area contributed by atoms with Gasteiger partial charge in [-0.05, 0) is 12.8 Å². The van der Waals surface area contributed by atoms with Crippen molar-refractivity contribution in [2.24, 2.45) is 5.73 Å². The second-order valence-corrected chi connectivity index (χ2v) is 2.70. The number of nitrogens with two attached hydrogens (primary N) is 1. The molecule has 0 aliphatic rings. The van der Waals surface area contributed by atoms with Gasteiger partial charge in [0.15, 0.2) is 0 Å². The standard InChI is InChI=1S/C8H19NO2/c1-2-3-5-11-6-4-8(9)7-10/h8,10H,2-7,9H2,1H3. The molecule has 68 valence electrons. The van der Waals surface area contributed by atoms with E-state index in [1.807, 2.05) is 0 Å². The van der Waals surface area contributed by atoms with E-state index in [0.29, 0.717) is 6.61 Å². The Labute approximate surface area is 68.5 Å². The van der Waals surface area contributed by atoms with Gasteiger partial charge in [-0.3, -0.25) is 0 Å². The molecule has 0 spiro atoms. The number of unbranched alkanes of at least 4 members (excludes halogenated alkanes) is 1. The molecule has 3 heteroatoms. The van der Waals surface area contributed by atoms with Gasteiger partial charge in [0, 0.05) is 19.3 Å². The van der Waals surface area contributed by atoms with Gasteiger partial charge in [-0.2, -0.15) is 0 Å². The molecule has 0 aromatic heterocycles. The third-order valence-electron chi connectivity index (χ3n) is 1.51. The minimum absolute atomic E-state index is 0.0527. The highest BCUT2D eigenvalue weighted by Crippen LogP contribution is 1.91. The summed E-state index contributed by atoms with van der Waals surface area (Å²) >= 11 is 0. The van der Waals surface area contributed by atoms with E-state index in [1.165, 1.54) is 0 Å². The largest absolute Gasteiger partial charge is 0.395 e. The maximum absolute atomic E-state index is 8.56. The van der Waals surface area contributed by atoms with Gasteiger partial charge in [0.1, 0.15) is 0 Å². The molecule has 11 heavy (non-hydrogen) atoms. The number of rotatable bonds is 7. The normalized spacial score (nSPS) is 13.4. The topological polar surface area (TPSA) is 55.5 Å². The van der Waals surface area contributed by atoms with Crippen molar-refractivity contribution in [3.8, 4) is 0 Å². The first-order chi connectivity index (χ1) is 5.31. The lowest BCUT2D eigenvalue weighted by atomic mass is 10.2. The quantitative estimate of drug-likeness (QED) is 0.535. The van der Waals surface area contributed by atoms with Crippen LogP contribution in [0.25, 0.3) is 0 Å². The fraction of sp³-hybridized carbons (Fsp3) is 1.00. The lowest BCUT2D eigenvalue weighted by Gasteiger charge is -2.07. The predicted octanol–water partition coefficient (Wildman–Crippen LogP) is 0.513. The first-order valence-electron chi connectivity index (χ1n) is 4.25. The molecule has 0 aliphatic heterocycles. The summed E-state index contributed by atoms with van der Waals surface area (Å²) in [6.07, 6.45) is 3.01. The Bertz CT molecular complexity index is 78.5. The summed E-state index contributed by atoms with van der Waals surface area (Å²) in [4.78, 5) is 0. The van der Waals surface area contributed by atoms with E-state index in [9.17, 15) is 0 Å². The lowest BCUT2D eigenvalue weighted by Crippen LogP contribution is -2.25. The number of ether oxygens (including phenoxy) is 1. The van der Waals surface area contributed by atoms with E-state index in [0.717, 1.165) is 25.9 Å². The second kappa shape index (κ2) is 7.98. The molecule has 0 amide bonds. The minimum atomic E-state index is -0.114. The third kappa shape index (κ3) is 7.78. The van der Waals surface area contributed by atoms with Crippen LogP contribution in [0.3, 0.4) is 0 Å². The fourth-order valence-electron chi connectivity index (χ4n) is 0.674. The van der Waals surface area contributed by atoms with Crippen LogP contribution in [0.1, 0.15) is 26.2 Å². The molecule has 0 bridgehead atoms. The van der Waals surface area contributed by atoms with Crippen LogP contribution in [0, 0.1) is 0 Å². The number of aliphatic hydroxyl groups is 1. The fourth-order valence-corrected chi connectivity index (χ4v) is 0.674. The predicted molar refractivity (Wildman–Crippen MR) is 45.4 cm³/mol. The Morgan fingerprint density at radius 2 is 2.18 bits per heavy atom. The molecule has 1 unspecified atom stereocenters.